The highest BCUT2D eigenvalue weighted by Gasteiger charge is 1.97. The van der Waals surface area contributed by atoms with Gasteiger partial charge in [-0.25, -0.2) is 0 Å². The third kappa shape index (κ3) is 21.9. The van der Waals surface area contributed by atoms with E-state index in [1.165, 1.54) is 7.11 Å². The third-order valence-corrected chi connectivity index (χ3v) is 3.83. The summed E-state index contributed by atoms with van der Waals surface area (Å²) in [6, 6.07) is 0. The lowest BCUT2D eigenvalue weighted by atomic mass is 10.2. The number of hydrogen-bond donors (Lipinski definition) is 0. The Morgan fingerprint density at radius 1 is 0.630 bits per heavy atom. The van der Waals surface area contributed by atoms with Gasteiger partial charge in [0.15, 0.2) is 0 Å². The van der Waals surface area contributed by atoms with Crippen LogP contribution in [0.1, 0.15) is 71.1 Å². The van der Waals surface area contributed by atoms with Crippen molar-refractivity contribution in [3.8, 4) is 0 Å². The van der Waals surface area contributed by atoms with Crippen LogP contribution in [-0.4, -0.2) is 13.1 Å². The fourth-order valence-corrected chi connectivity index (χ4v) is 2.27. The first-order chi connectivity index (χ1) is 13.3. The van der Waals surface area contributed by atoms with E-state index in [9.17, 15) is 4.79 Å². The van der Waals surface area contributed by atoms with Crippen molar-refractivity contribution in [2.45, 2.75) is 71.1 Å². The highest BCUT2D eigenvalue weighted by Crippen LogP contribution is 2.02. The van der Waals surface area contributed by atoms with Crippen molar-refractivity contribution in [3.63, 3.8) is 0 Å². The highest BCUT2D eigenvalue weighted by atomic mass is 16.5. The van der Waals surface area contributed by atoms with E-state index in [1.54, 1.807) is 0 Å². The van der Waals surface area contributed by atoms with Gasteiger partial charge in [-0.05, 0) is 57.8 Å². The van der Waals surface area contributed by atoms with Crippen LogP contribution in [0.4, 0.5) is 0 Å². The topological polar surface area (TPSA) is 26.3 Å². The smallest absolute Gasteiger partial charge is 0.305 e. The molecule has 0 amide bonds. The summed E-state index contributed by atoms with van der Waals surface area (Å²) in [6.07, 6.45) is 36.1. The van der Waals surface area contributed by atoms with E-state index in [4.69, 9.17) is 0 Å². The molecule has 0 bridgehead atoms. The lowest BCUT2D eigenvalue weighted by molar-refractivity contribution is -0.140. The molecule has 0 saturated heterocycles. The molecule has 0 rings (SSSR count). The van der Waals surface area contributed by atoms with E-state index >= 15 is 0 Å². The highest BCUT2D eigenvalue weighted by molar-refractivity contribution is 5.68. The standard InChI is InChI=1S/C25H38O2/c1-3-4-5-6-7-8-9-10-11-12-13-14-15-16-17-18-19-20-21-22-23-24-25(26)27-2/h4-5,7-8,10-11,13-14,16-17,19-20H,3,6,9,12,15,18,21-24H2,1-2H3. The van der Waals surface area contributed by atoms with E-state index in [-0.39, 0.29) is 5.97 Å². The number of esters is 1. The SMILES string of the molecule is CCC=CCC=CCC=CCC=CCC=CCC=CCCCCC(=O)OC. The van der Waals surface area contributed by atoms with E-state index in [0.29, 0.717) is 6.42 Å². The first-order valence-corrected chi connectivity index (χ1v) is 10.3. The molecule has 2 heteroatoms. The molecule has 0 aliphatic rings. The molecule has 0 saturated carbocycles. The Kier molecular flexibility index (Phi) is 20.3. The van der Waals surface area contributed by atoms with Crippen LogP contribution in [0.5, 0.6) is 0 Å². The summed E-state index contributed by atoms with van der Waals surface area (Å²) >= 11 is 0. The van der Waals surface area contributed by atoms with E-state index in [1.807, 2.05) is 0 Å². The first-order valence-electron chi connectivity index (χ1n) is 10.3. The Morgan fingerprint density at radius 2 is 1.04 bits per heavy atom. The maximum Gasteiger partial charge on any atom is 0.305 e. The number of allylic oxidation sites excluding steroid dienone is 12. The molecular weight excluding hydrogens is 332 g/mol. The van der Waals surface area contributed by atoms with E-state index in [2.05, 4.69) is 84.6 Å². The number of methoxy groups -OCH3 is 1. The van der Waals surface area contributed by atoms with Crippen LogP contribution in [0.25, 0.3) is 0 Å². The fourth-order valence-electron chi connectivity index (χ4n) is 2.27. The summed E-state index contributed by atoms with van der Waals surface area (Å²) in [5.74, 6) is -0.113. The molecule has 0 radical (unpaired) electrons. The quantitative estimate of drug-likeness (QED) is 0.160. The number of rotatable bonds is 16. The van der Waals surface area contributed by atoms with Crippen molar-refractivity contribution in [3.05, 3.63) is 72.9 Å². The lowest BCUT2D eigenvalue weighted by Gasteiger charge is -1.96. The molecule has 0 aliphatic carbocycles. The van der Waals surface area contributed by atoms with Crippen LogP contribution in [0, 0.1) is 0 Å². The average Bonchev–Trinajstić information content (AvgIpc) is 2.68. The van der Waals surface area contributed by atoms with Gasteiger partial charge in [-0.15, -0.1) is 0 Å². The monoisotopic (exact) mass is 370 g/mol. The maximum atomic E-state index is 10.9. The molecule has 0 aromatic rings. The zero-order valence-electron chi connectivity index (χ0n) is 17.3. The van der Waals surface area contributed by atoms with Crippen LogP contribution in [0.15, 0.2) is 72.9 Å². The molecule has 0 N–H and O–H groups in total. The molecule has 0 atom stereocenters. The zero-order chi connectivity index (χ0) is 19.8. The Hall–Kier alpha value is -2.09. The molecule has 2 nitrogen and oxygen atoms in total. The lowest BCUT2D eigenvalue weighted by Crippen LogP contribution is -1.98. The van der Waals surface area contributed by atoms with E-state index < -0.39 is 0 Å². The molecule has 0 aromatic heterocycles. The average molecular weight is 371 g/mol. The van der Waals surface area contributed by atoms with Gasteiger partial charge in [-0.2, -0.15) is 0 Å². The third-order valence-electron chi connectivity index (χ3n) is 3.83. The normalized spacial score (nSPS) is 12.8. The van der Waals surface area contributed by atoms with Gasteiger partial charge in [0.05, 0.1) is 7.11 Å². The minimum absolute atomic E-state index is 0.113. The number of hydrogen-bond acceptors (Lipinski definition) is 2. The predicted molar refractivity (Wildman–Crippen MR) is 119 cm³/mol. The molecule has 0 unspecified atom stereocenters. The van der Waals surface area contributed by atoms with Gasteiger partial charge in [-0.1, -0.05) is 79.8 Å². The first kappa shape index (κ1) is 24.9. The van der Waals surface area contributed by atoms with Crippen LogP contribution in [-0.2, 0) is 9.53 Å². The molecule has 27 heavy (non-hydrogen) atoms. The Balaban J connectivity index is 3.49. The van der Waals surface area contributed by atoms with Crippen molar-refractivity contribution >= 4 is 5.97 Å². The second kappa shape index (κ2) is 22.0. The zero-order valence-corrected chi connectivity index (χ0v) is 17.3. The minimum atomic E-state index is -0.113. The van der Waals surface area contributed by atoms with Crippen LogP contribution in [0.3, 0.4) is 0 Å². The van der Waals surface area contributed by atoms with Crippen molar-refractivity contribution in [1.29, 1.82) is 0 Å². The largest absolute Gasteiger partial charge is 0.469 e. The molecule has 0 aromatic carbocycles. The summed E-state index contributed by atoms with van der Waals surface area (Å²) < 4.78 is 4.61. The van der Waals surface area contributed by atoms with E-state index in [0.717, 1.165) is 57.8 Å². The van der Waals surface area contributed by atoms with Gasteiger partial charge in [0, 0.05) is 6.42 Å². The number of ether oxygens (including phenoxy) is 1. The Labute approximate surface area is 167 Å². The number of carbonyl (C=O) groups excluding carboxylic acids is 1. The minimum Gasteiger partial charge on any atom is -0.469 e. The van der Waals surface area contributed by atoms with Crippen LogP contribution < -0.4 is 0 Å². The van der Waals surface area contributed by atoms with Gasteiger partial charge in [0.2, 0.25) is 0 Å². The molecule has 0 spiro atoms. The Bertz CT molecular complexity index is 504. The molecular formula is C25H38O2. The van der Waals surface area contributed by atoms with Gasteiger partial charge >= 0.3 is 5.97 Å². The van der Waals surface area contributed by atoms with Crippen LogP contribution >= 0.6 is 0 Å². The number of unbranched alkanes of at least 4 members (excludes halogenated alkanes) is 2. The van der Waals surface area contributed by atoms with Crippen molar-refractivity contribution in [2.24, 2.45) is 0 Å². The summed E-state index contributed by atoms with van der Waals surface area (Å²) in [5.41, 5.74) is 0. The van der Waals surface area contributed by atoms with Crippen LogP contribution in [0.2, 0.25) is 0 Å². The summed E-state index contributed by atoms with van der Waals surface area (Å²) in [5, 5.41) is 0. The maximum absolute atomic E-state index is 10.9. The predicted octanol–water partition coefficient (Wildman–Crippen LogP) is 7.42. The van der Waals surface area contributed by atoms with Gasteiger partial charge in [0.25, 0.3) is 0 Å². The Morgan fingerprint density at radius 3 is 1.44 bits per heavy atom. The second-order valence-corrected chi connectivity index (χ2v) is 6.24. The van der Waals surface area contributed by atoms with Gasteiger partial charge in [-0.3, -0.25) is 4.79 Å². The number of carbonyl (C=O) groups is 1. The van der Waals surface area contributed by atoms with Crippen molar-refractivity contribution in [1.82, 2.24) is 0 Å². The fraction of sp³-hybridized carbons (Fsp3) is 0.480. The summed E-state index contributed by atoms with van der Waals surface area (Å²) in [7, 11) is 1.44. The molecule has 150 valence electrons. The molecule has 0 aliphatic heterocycles. The van der Waals surface area contributed by atoms with Gasteiger partial charge in [0.1, 0.15) is 0 Å². The second-order valence-electron chi connectivity index (χ2n) is 6.24. The summed E-state index contributed by atoms with van der Waals surface area (Å²) in [4.78, 5) is 10.9. The molecule has 0 heterocycles. The van der Waals surface area contributed by atoms with Gasteiger partial charge < -0.3 is 4.74 Å². The molecule has 0 fully saturated rings. The summed E-state index contributed by atoms with van der Waals surface area (Å²) in [6.45, 7) is 2.16. The van der Waals surface area contributed by atoms with Crippen molar-refractivity contribution in [2.75, 3.05) is 7.11 Å². The van der Waals surface area contributed by atoms with Crippen molar-refractivity contribution < 1.29 is 9.53 Å².